The van der Waals surface area contributed by atoms with E-state index in [4.69, 9.17) is 0 Å². The molecule has 94 valence electrons. The summed E-state index contributed by atoms with van der Waals surface area (Å²) in [5, 5.41) is 3.42. The maximum absolute atomic E-state index is 13.5. The third kappa shape index (κ3) is 1.73. The SMILES string of the molecule is Cc1c(F)cncc1-c1cc2c([nH]1)CCNC2C. The molecule has 0 amide bonds. The number of rotatable bonds is 1. The van der Waals surface area contributed by atoms with Crippen LogP contribution in [-0.2, 0) is 6.42 Å². The minimum Gasteiger partial charge on any atom is -0.358 e. The molecular formula is C14H16FN3. The molecule has 1 atom stereocenters. The van der Waals surface area contributed by atoms with Gasteiger partial charge in [-0.15, -0.1) is 0 Å². The molecule has 0 aromatic carbocycles. The molecule has 3 heterocycles. The predicted octanol–water partition coefficient (Wildman–Crippen LogP) is 2.73. The molecule has 0 spiro atoms. The van der Waals surface area contributed by atoms with Crippen LogP contribution in [0.3, 0.4) is 0 Å². The van der Waals surface area contributed by atoms with Crippen molar-refractivity contribution < 1.29 is 4.39 Å². The van der Waals surface area contributed by atoms with Gasteiger partial charge in [-0.1, -0.05) is 0 Å². The predicted molar refractivity (Wildman–Crippen MR) is 68.8 cm³/mol. The van der Waals surface area contributed by atoms with Crippen LogP contribution in [0.15, 0.2) is 18.5 Å². The Balaban J connectivity index is 2.10. The van der Waals surface area contributed by atoms with Crippen molar-refractivity contribution >= 4 is 0 Å². The Hall–Kier alpha value is -1.68. The molecule has 2 aromatic heterocycles. The Bertz CT molecular complexity index is 589. The first kappa shape index (κ1) is 11.4. The fourth-order valence-electron chi connectivity index (χ4n) is 2.55. The van der Waals surface area contributed by atoms with Crippen LogP contribution in [0.5, 0.6) is 0 Å². The van der Waals surface area contributed by atoms with Crippen molar-refractivity contribution in [2.45, 2.75) is 26.3 Å². The van der Waals surface area contributed by atoms with Crippen LogP contribution in [0.2, 0.25) is 0 Å². The van der Waals surface area contributed by atoms with Gasteiger partial charge in [0.1, 0.15) is 5.82 Å². The lowest BCUT2D eigenvalue weighted by Gasteiger charge is -2.19. The van der Waals surface area contributed by atoms with Gasteiger partial charge in [-0.05, 0) is 31.0 Å². The summed E-state index contributed by atoms with van der Waals surface area (Å²) in [4.78, 5) is 7.34. The number of hydrogen-bond acceptors (Lipinski definition) is 2. The standard InChI is InChI=1S/C14H16FN3/c1-8-11(6-16-7-12(8)15)14-5-10-9(2)17-4-3-13(10)18-14/h5-7,9,17-18H,3-4H2,1-2H3. The molecule has 0 aliphatic carbocycles. The first-order valence-electron chi connectivity index (χ1n) is 6.22. The lowest BCUT2D eigenvalue weighted by Crippen LogP contribution is -2.26. The number of halogens is 1. The average Bonchev–Trinajstić information content (AvgIpc) is 2.78. The monoisotopic (exact) mass is 245 g/mol. The second-order valence-electron chi connectivity index (χ2n) is 4.84. The number of hydrogen-bond donors (Lipinski definition) is 2. The quantitative estimate of drug-likeness (QED) is 0.811. The zero-order valence-electron chi connectivity index (χ0n) is 10.5. The summed E-state index contributed by atoms with van der Waals surface area (Å²) >= 11 is 0. The van der Waals surface area contributed by atoms with E-state index in [0.717, 1.165) is 24.2 Å². The van der Waals surface area contributed by atoms with Gasteiger partial charge >= 0.3 is 0 Å². The fourth-order valence-corrected chi connectivity index (χ4v) is 2.55. The lowest BCUT2D eigenvalue weighted by molar-refractivity contribution is 0.538. The van der Waals surface area contributed by atoms with E-state index in [1.807, 2.05) is 0 Å². The Morgan fingerprint density at radius 3 is 3.00 bits per heavy atom. The number of aromatic nitrogens is 2. The van der Waals surface area contributed by atoms with E-state index in [1.165, 1.54) is 17.5 Å². The van der Waals surface area contributed by atoms with Crippen LogP contribution in [0, 0.1) is 12.7 Å². The van der Waals surface area contributed by atoms with Crippen LogP contribution >= 0.6 is 0 Å². The zero-order valence-corrected chi connectivity index (χ0v) is 10.5. The van der Waals surface area contributed by atoms with E-state index < -0.39 is 0 Å². The van der Waals surface area contributed by atoms with Crippen LogP contribution in [-0.4, -0.2) is 16.5 Å². The number of H-pyrrole nitrogens is 1. The van der Waals surface area contributed by atoms with E-state index >= 15 is 0 Å². The number of pyridine rings is 1. The molecule has 0 saturated heterocycles. The molecule has 0 fully saturated rings. The van der Waals surface area contributed by atoms with Crippen molar-refractivity contribution in [1.82, 2.24) is 15.3 Å². The van der Waals surface area contributed by atoms with Gasteiger partial charge < -0.3 is 10.3 Å². The van der Waals surface area contributed by atoms with Crippen molar-refractivity contribution in [3.8, 4) is 11.3 Å². The molecular weight excluding hydrogens is 229 g/mol. The van der Waals surface area contributed by atoms with Crippen molar-refractivity contribution in [2.75, 3.05) is 6.54 Å². The van der Waals surface area contributed by atoms with Gasteiger partial charge in [0.2, 0.25) is 0 Å². The van der Waals surface area contributed by atoms with Crippen molar-refractivity contribution in [2.24, 2.45) is 0 Å². The molecule has 0 bridgehead atoms. The van der Waals surface area contributed by atoms with Crippen LogP contribution in [0.4, 0.5) is 4.39 Å². The molecule has 1 aliphatic rings. The number of aromatic amines is 1. The van der Waals surface area contributed by atoms with E-state index in [0.29, 0.717) is 11.6 Å². The van der Waals surface area contributed by atoms with Crippen molar-refractivity contribution in [3.05, 3.63) is 41.1 Å². The maximum atomic E-state index is 13.5. The van der Waals surface area contributed by atoms with Crippen LogP contribution in [0.1, 0.15) is 29.8 Å². The van der Waals surface area contributed by atoms with Gasteiger partial charge in [-0.3, -0.25) is 4.98 Å². The van der Waals surface area contributed by atoms with E-state index in [-0.39, 0.29) is 5.82 Å². The number of fused-ring (bicyclic) bond motifs is 1. The van der Waals surface area contributed by atoms with E-state index in [1.54, 1.807) is 13.1 Å². The van der Waals surface area contributed by atoms with Gasteiger partial charge in [0, 0.05) is 42.2 Å². The highest BCUT2D eigenvalue weighted by molar-refractivity contribution is 5.64. The molecule has 3 nitrogen and oxygen atoms in total. The number of nitrogens with zero attached hydrogens (tertiary/aromatic N) is 1. The van der Waals surface area contributed by atoms with Gasteiger partial charge in [0.05, 0.1) is 6.20 Å². The Morgan fingerprint density at radius 1 is 1.39 bits per heavy atom. The fraction of sp³-hybridized carbons (Fsp3) is 0.357. The normalized spacial score (nSPS) is 18.7. The zero-order chi connectivity index (χ0) is 12.7. The summed E-state index contributed by atoms with van der Waals surface area (Å²) in [7, 11) is 0. The Kier molecular flexibility index (Phi) is 2.67. The second-order valence-corrected chi connectivity index (χ2v) is 4.84. The highest BCUT2D eigenvalue weighted by Gasteiger charge is 2.19. The van der Waals surface area contributed by atoms with Gasteiger partial charge in [-0.25, -0.2) is 4.39 Å². The molecule has 3 rings (SSSR count). The van der Waals surface area contributed by atoms with Crippen molar-refractivity contribution in [1.29, 1.82) is 0 Å². The molecule has 1 aliphatic heterocycles. The average molecular weight is 245 g/mol. The van der Waals surface area contributed by atoms with E-state index in [9.17, 15) is 4.39 Å². The molecule has 1 unspecified atom stereocenters. The first-order chi connectivity index (χ1) is 8.66. The largest absolute Gasteiger partial charge is 0.358 e. The highest BCUT2D eigenvalue weighted by atomic mass is 19.1. The Labute approximate surface area is 105 Å². The summed E-state index contributed by atoms with van der Waals surface area (Å²) in [6, 6.07) is 2.45. The van der Waals surface area contributed by atoms with Crippen LogP contribution in [0.25, 0.3) is 11.3 Å². The van der Waals surface area contributed by atoms with E-state index in [2.05, 4.69) is 28.3 Å². The molecule has 18 heavy (non-hydrogen) atoms. The molecule has 0 saturated carbocycles. The van der Waals surface area contributed by atoms with Gasteiger partial charge in [0.15, 0.2) is 0 Å². The minimum atomic E-state index is -0.258. The summed E-state index contributed by atoms with van der Waals surface area (Å²) < 4.78 is 13.5. The highest BCUT2D eigenvalue weighted by Crippen LogP contribution is 2.30. The molecule has 2 N–H and O–H groups in total. The number of nitrogens with one attached hydrogen (secondary N) is 2. The van der Waals surface area contributed by atoms with Gasteiger partial charge in [-0.2, -0.15) is 0 Å². The maximum Gasteiger partial charge on any atom is 0.145 e. The third-order valence-electron chi connectivity index (χ3n) is 3.67. The second kappa shape index (κ2) is 4.21. The van der Waals surface area contributed by atoms with Crippen LogP contribution < -0.4 is 5.32 Å². The first-order valence-corrected chi connectivity index (χ1v) is 6.22. The summed E-state index contributed by atoms with van der Waals surface area (Å²) in [5.74, 6) is -0.258. The topological polar surface area (TPSA) is 40.7 Å². The summed E-state index contributed by atoms with van der Waals surface area (Å²) in [6.07, 6.45) is 3.96. The Morgan fingerprint density at radius 2 is 2.22 bits per heavy atom. The molecule has 4 heteroatoms. The van der Waals surface area contributed by atoms with Crippen molar-refractivity contribution in [3.63, 3.8) is 0 Å². The minimum absolute atomic E-state index is 0.258. The van der Waals surface area contributed by atoms with Gasteiger partial charge in [0.25, 0.3) is 0 Å². The smallest absolute Gasteiger partial charge is 0.145 e. The summed E-state index contributed by atoms with van der Waals surface area (Å²) in [5.41, 5.74) is 4.97. The lowest BCUT2D eigenvalue weighted by atomic mass is 10.0. The summed E-state index contributed by atoms with van der Waals surface area (Å²) in [6.45, 7) is 4.91. The third-order valence-corrected chi connectivity index (χ3v) is 3.67. The molecule has 0 radical (unpaired) electrons. The molecule has 2 aromatic rings.